The van der Waals surface area contributed by atoms with Crippen molar-refractivity contribution in [2.45, 2.75) is 37.5 Å². The van der Waals surface area contributed by atoms with Crippen molar-refractivity contribution >= 4 is 12.4 Å². The van der Waals surface area contributed by atoms with Gasteiger partial charge in [-0.05, 0) is 97.4 Å². The summed E-state index contributed by atoms with van der Waals surface area (Å²) in [5.74, 6) is 5.06. The van der Waals surface area contributed by atoms with E-state index in [4.69, 9.17) is 15.0 Å². The Morgan fingerprint density at radius 1 is 0.480 bits per heavy atom. The van der Waals surface area contributed by atoms with Gasteiger partial charge in [0.25, 0.3) is 0 Å². The van der Waals surface area contributed by atoms with Gasteiger partial charge in [0, 0.05) is 27.4 Å². The minimum atomic E-state index is -2.34. The molecule has 6 aromatic rings. The van der Waals surface area contributed by atoms with Crippen LogP contribution >= 0.6 is 7.14 Å². The van der Waals surface area contributed by atoms with E-state index >= 15 is 0 Å². The van der Waals surface area contributed by atoms with Gasteiger partial charge in [-0.3, -0.25) is 0 Å². The van der Waals surface area contributed by atoms with Gasteiger partial charge in [0.05, 0.1) is 0 Å². The van der Waals surface area contributed by atoms with Crippen molar-refractivity contribution in [1.82, 2.24) is 15.0 Å². The average Bonchev–Trinajstić information content (AvgIpc) is 3.15. The highest BCUT2D eigenvalue weighted by molar-refractivity contribution is 7.70. The molecule has 1 heterocycles. The van der Waals surface area contributed by atoms with Crippen LogP contribution in [0.15, 0.2) is 133 Å². The van der Waals surface area contributed by atoms with E-state index in [-0.39, 0.29) is 5.41 Å². The fraction of sp³-hybridized carbons (Fsp3) is 0.267. The van der Waals surface area contributed by atoms with Crippen LogP contribution in [0.25, 0.3) is 45.3 Å². The highest BCUT2D eigenvalue weighted by atomic mass is 31.2. The maximum absolute atomic E-state index is 12.9. The molecule has 0 saturated heterocycles. The molecule has 50 heavy (non-hydrogen) atoms. The lowest BCUT2D eigenvalue weighted by molar-refractivity contribution is -0.0418. The Kier molecular flexibility index (Phi) is 7.70. The van der Waals surface area contributed by atoms with Gasteiger partial charge in [-0.25, -0.2) is 15.0 Å². The van der Waals surface area contributed by atoms with E-state index in [2.05, 4.69) is 84.9 Å². The zero-order valence-corrected chi connectivity index (χ0v) is 29.6. The second kappa shape index (κ2) is 12.3. The van der Waals surface area contributed by atoms with Gasteiger partial charge in [-0.2, -0.15) is 0 Å². The SMILES string of the molecule is CP(C)(=O)c1cccc(-c2ccc(C3(c4ccc(-c5nc(-c6ccccc6)nc(-c6ccccc6)n5)cc4)C4CC5CC(C4)CC3C5)cc2)c1. The van der Waals surface area contributed by atoms with Crippen LogP contribution in [0.3, 0.4) is 0 Å². The normalized spacial score (nSPS) is 24.0. The fourth-order valence-electron chi connectivity index (χ4n) is 9.83. The summed E-state index contributed by atoms with van der Waals surface area (Å²) in [5.41, 5.74) is 8.11. The summed E-state index contributed by atoms with van der Waals surface area (Å²) in [5, 5.41) is 0.932. The maximum atomic E-state index is 12.9. The van der Waals surface area contributed by atoms with E-state index in [1.807, 2.05) is 61.9 Å². The van der Waals surface area contributed by atoms with Gasteiger partial charge in [0.1, 0.15) is 7.14 Å². The molecule has 5 aromatic carbocycles. The Morgan fingerprint density at radius 2 is 0.900 bits per heavy atom. The topological polar surface area (TPSA) is 55.7 Å². The second-order valence-corrected chi connectivity index (χ2v) is 18.5. The van der Waals surface area contributed by atoms with E-state index in [0.717, 1.165) is 39.4 Å². The lowest BCUT2D eigenvalue weighted by Gasteiger charge is -2.62. The van der Waals surface area contributed by atoms with E-state index in [1.165, 1.54) is 48.8 Å². The molecule has 4 fully saturated rings. The Morgan fingerprint density at radius 3 is 1.36 bits per heavy atom. The Labute approximate surface area is 295 Å². The molecular weight excluding hydrogens is 629 g/mol. The molecule has 0 spiro atoms. The number of hydrogen-bond donors (Lipinski definition) is 0. The summed E-state index contributed by atoms with van der Waals surface area (Å²) in [7, 11) is -2.34. The van der Waals surface area contributed by atoms with E-state index in [0.29, 0.717) is 29.3 Å². The predicted octanol–water partition coefficient (Wildman–Crippen LogP) is 10.5. The average molecular weight is 672 g/mol. The molecule has 0 aliphatic heterocycles. The van der Waals surface area contributed by atoms with E-state index < -0.39 is 7.14 Å². The Bertz CT molecular complexity index is 2120. The third-order valence-electron chi connectivity index (χ3n) is 11.9. The number of benzene rings is 5. The first-order chi connectivity index (χ1) is 24.3. The predicted molar refractivity (Wildman–Crippen MR) is 205 cm³/mol. The minimum absolute atomic E-state index is 0.0155. The molecule has 0 N–H and O–H groups in total. The molecule has 0 amide bonds. The third kappa shape index (κ3) is 5.46. The zero-order chi connectivity index (χ0) is 33.9. The number of aromatic nitrogens is 3. The first kappa shape index (κ1) is 31.3. The van der Waals surface area contributed by atoms with Crippen LogP contribution in [0.4, 0.5) is 0 Å². The molecule has 0 radical (unpaired) electrons. The molecule has 4 aliphatic rings. The molecule has 4 saturated carbocycles. The molecule has 5 heteroatoms. The molecular formula is C45H42N3OP. The summed E-state index contributed by atoms with van der Waals surface area (Å²) >= 11 is 0. The lowest BCUT2D eigenvalue weighted by Crippen LogP contribution is -2.56. The molecule has 0 unspecified atom stereocenters. The van der Waals surface area contributed by atoms with Gasteiger partial charge in [0.2, 0.25) is 0 Å². The van der Waals surface area contributed by atoms with Gasteiger partial charge >= 0.3 is 0 Å². The Balaban J connectivity index is 1.12. The van der Waals surface area contributed by atoms with Gasteiger partial charge < -0.3 is 4.57 Å². The van der Waals surface area contributed by atoms with Crippen molar-refractivity contribution in [1.29, 1.82) is 0 Å². The molecule has 1 aromatic heterocycles. The van der Waals surface area contributed by atoms with Crippen LogP contribution in [0.2, 0.25) is 0 Å². The smallest absolute Gasteiger partial charge is 0.164 e. The van der Waals surface area contributed by atoms with Crippen LogP contribution in [0.1, 0.15) is 43.2 Å². The molecule has 4 aliphatic carbocycles. The quantitative estimate of drug-likeness (QED) is 0.159. The van der Waals surface area contributed by atoms with Crippen LogP contribution in [-0.2, 0) is 9.98 Å². The molecule has 0 atom stereocenters. The molecule has 10 rings (SSSR count). The number of rotatable bonds is 7. The largest absolute Gasteiger partial charge is 0.319 e. The molecule has 248 valence electrons. The van der Waals surface area contributed by atoms with Gasteiger partial charge in [0.15, 0.2) is 17.5 Å². The maximum Gasteiger partial charge on any atom is 0.164 e. The standard InChI is InChI=1S/C45H42N3OP/c1-50(2,49)41-15-9-14-36(29-41)32-16-20-37(21-17-32)45(39-25-30-24-31(27-39)28-40(45)26-30)38-22-18-35(19-23-38)44-47-42(33-10-5-3-6-11-33)46-43(48-44)34-12-7-4-8-13-34/h3-23,29-31,39-40H,24-28H2,1-2H3. The van der Waals surface area contributed by atoms with Crippen molar-refractivity contribution in [2.24, 2.45) is 23.7 Å². The van der Waals surface area contributed by atoms with Crippen molar-refractivity contribution in [3.05, 3.63) is 145 Å². The van der Waals surface area contributed by atoms with Crippen LogP contribution < -0.4 is 5.30 Å². The monoisotopic (exact) mass is 671 g/mol. The van der Waals surface area contributed by atoms with E-state index in [9.17, 15) is 4.57 Å². The Hall–Kier alpha value is -4.66. The second-order valence-electron chi connectivity index (χ2n) is 15.3. The fourth-order valence-corrected chi connectivity index (χ4v) is 10.7. The summed E-state index contributed by atoms with van der Waals surface area (Å²) in [6.45, 7) is 3.70. The van der Waals surface area contributed by atoms with Crippen LogP contribution in [0.5, 0.6) is 0 Å². The molecule has 4 nitrogen and oxygen atoms in total. The summed E-state index contributed by atoms with van der Waals surface area (Å²) in [6.07, 6.45) is 6.68. The molecule has 4 bridgehead atoms. The summed E-state index contributed by atoms with van der Waals surface area (Å²) in [4.78, 5) is 14.9. The zero-order valence-electron chi connectivity index (χ0n) is 28.7. The number of hydrogen-bond acceptors (Lipinski definition) is 4. The van der Waals surface area contributed by atoms with Crippen molar-refractivity contribution < 1.29 is 4.57 Å². The van der Waals surface area contributed by atoms with Gasteiger partial charge in [-0.1, -0.05) is 127 Å². The van der Waals surface area contributed by atoms with Crippen molar-refractivity contribution in [3.63, 3.8) is 0 Å². The lowest BCUT2D eigenvalue weighted by atomic mass is 9.42. The van der Waals surface area contributed by atoms with Crippen LogP contribution in [-0.4, -0.2) is 28.3 Å². The minimum Gasteiger partial charge on any atom is -0.319 e. The first-order valence-corrected chi connectivity index (χ1v) is 20.7. The third-order valence-corrected chi connectivity index (χ3v) is 13.4. The van der Waals surface area contributed by atoms with Gasteiger partial charge in [-0.15, -0.1) is 0 Å². The number of nitrogens with zero attached hydrogens (tertiary/aromatic N) is 3. The van der Waals surface area contributed by atoms with Crippen molar-refractivity contribution in [2.75, 3.05) is 13.3 Å². The first-order valence-electron chi connectivity index (χ1n) is 18.1. The highest BCUT2D eigenvalue weighted by Crippen LogP contribution is 2.65. The van der Waals surface area contributed by atoms with E-state index in [1.54, 1.807) is 0 Å². The highest BCUT2D eigenvalue weighted by Gasteiger charge is 2.58. The summed E-state index contributed by atoms with van der Waals surface area (Å²) < 4.78 is 12.9. The summed E-state index contributed by atoms with van der Waals surface area (Å²) in [6, 6.07) is 47.3. The van der Waals surface area contributed by atoms with Crippen molar-refractivity contribution in [3.8, 4) is 45.3 Å². The van der Waals surface area contributed by atoms with Crippen LogP contribution in [0, 0.1) is 23.7 Å².